The number of benzene rings is 2. The van der Waals surface area contributed by atoms with E-state index in [9.17, 15) is 19.5 Å². The first-order chi connectivity index (χ1) is 24.5. The van der Waals surface area contributed by atoms with Crippen molar-refractivity contribution in [3.63, 3.8) is 0 Å². The van der Waals surface area contributed by atoms with Gasteiger partial charge in [-0.15, -0.1) is 0 Å². The molecule has 2 aromatic carbocycles. The van der Waals surface area contributed by atoms with Gasteiger partial charge in [-0.1, -0.05) is 37.3 Å². The molecular formula is C38H52N4O8Si. The summed E-state index contributed by atoms with van der Waals surface area (Å²) in [5.74, 6) is -0.161. The summed E-state index contributed by atoms with van der Waals surface area (Å²) in [6.07, 6.45) is 2.51. The zero-order chi connectivity index (χ0) is 36.5. The van der Waals surface area contributed by atoms with Gasteiger partial charge >= 0.3 is 5.97 Å². The molecule has 6 rings (SSSR count). The summed E-state index contributed by atoms with van der Waals surface area (Å²) < 4.78 is 17.5. The zero-order valence-electron chi connectivity index (χ0n) is 30.5. The molecule has 2 N–H and O–H groups in total. The number of fused-ring (bicyclic) bond motifs is 2. The number of likely N-dealkylation sites (tertiary alicyclic amines) is 1. The Balaban J connectivity index is 1.43. The lowest BCUT2D eigenvalue weighted by Crippen LogP contribution is -2.52. The van der Waals surface area contributed by atoms with Crippen molar-refractivity contribution < 1.29 is 38.5 Å². The molecule has 0 unspecified atom stereocenters. The molecule has 0 aliphatic carbocycles. The maximum atomic E-state index is 15.1. The van der Waals surface area contributed by atoms with Crippen LogP contribution in [0.2, 0.25) is 18.6 Å². The molecule has 4 aliphatic rings. The zero-order valence-corrected chi connectivity index (χ0v) is 31.5. The summed E-state index contributed by atoms with van der Waals surface area (Å²) >= 11 is 0. The lowest BCUT2D eigenvalue weighted by atomic mass is 9.82. The van der Waals surface area contributed by atoms with Gasteiger partial charge in [-0.3, -0.25) is 19.2 Å². The number of piperazine rings is 1. The number of hydrogen-bond acceptors (Lipinski definition) is 9. The fraction of sp³-hybridized carbons (Fsp3) is 0.579. The number of rotatable bonds is 12. The molecule has 12 nitrogen and oxygen atoms in total. The van der Waals surface area contributed by atoms with Gasteiger partial charge in [-0.2, -0.15) is 0 Å². The monoisotopic (exact) mass is 720 g/mol. The Morgan fingerprint density at radius 1 is 1.08 bits per heavy atom. The number of aliphatic hydroxyl groups is 1. The van der Waals surface area contributed by atoms with Crippen molar-refractivity contribution in [2.75, 3.05) is 63.4 Å². The molecule has 4 heterocycles. The third-order valence-corrected chi connectivity index (χ3v) is 16.1. The highest BCUT2D eigenvalue weighted by Crippen LogP contribution is 2.60. The van der Waals surface area contributed by atoms with E-state index in [2.05, 4.69) is 37.5 Å². The lowest BCUT2D eigenvalue weighted by Gasteiger charge is -2.37. The fourth-order valence-corrected chi connectivity index (χ4v) is 13.1. The molecule has 4 aliphatic heterocycles. The number of hydrogen-bond donors (Lipinski definition) is 2. The molecule has 3 saturated heterocycles. The highest BCUT2D eigenvalue weighted by atomic mass is 28.3. The molecule has 0 radical (unpaired) electrons. The van der Waals surface area contributed by atoms with Crippen LogP contribution in [0.5, 0.6) is 5.75 Å². The van der Waals surface area contributed by atoms with Gasteiger partial charge in [0.2, 0.25) is 11.8 Å². The van der Waals surface area contributed by atoms with Crippen molar-refractivity contribution in [2.45, 2.75) is 81.8 Å². The van der Waals surface area contributed by atoms with Gasteiger partial charge in [0.1, 0.15) is 5.75 Å². The van der Waals surface area contributed by atoms with Crippen LogP contribution in [0.25, 0.3) is 0 Å². The molecule has 276 valence electrons. The molecule has 3 fully saturated rings. The van der Waals surface area contributed by atoms with Gasteiger partial charge < -0.3 is 39.3 Å². The molecule has 1 spiro atoms. The van der Waals surface area contributed by atoms with Gasteiger partial charge in [-0.25, -0.2) is 0 Å². The predicted octanol–water partition coefficient (Wildman–Crippen LogP) is 2.91. The van der Waals surface area contributed by atoms with Gasteiger partial charge in [0.25, 0.3) is 5.91 Å². The summed E-state index contributed by atoms with van der Waals surface area (Å²) in [5, 5.41) is 14.3. The number of nitrogens with zero attached hydrogens (tertiary/aromatic N) is 3. The van der Waals surface area contributed by atoms with Crippen molar-refractivity contribution in [1.29, 1.82) is 0 Å². The molecule has 0 saturated carbocycles. The van der Waals surface area contributed by atoms with Crippen molar-refractivity contribution >= 4 is 48.3 Å². The summed E-state index contributed by atoms with van der Waals surface area (Å²) in [6.45, 7) is 8.93. The van der Waals surface area contributed by atoms with Crippen molar-refractivity contribution in [2.24, 2.45) is 5.92 Å². The van der Waals surface area contributed by atoms with Crippen LogP contribution in [0.1, 0.15) is 51.0 Å². The van der Waals surface area contributed by atoms with Gasteiger partial charge in [0.05, 0.1) is 59.7 Å². The average Bonchev–Trinajstić information content (AvgIpc) is 3.80. The Kier molecular flexibility index (Phi) is 10.9. The Bertz CT molecular complexity index is 1640. The Morgan fingerprint density at radius 2 is 1.84 bits per heavy atom. The normalized spacial score (nSPS) is 26.3. The van der Waals surface area contributed by atoms with E-state index in [1.807, 2.05) is 30.3 Å². The topological polar surface area (TPSA) is 138 Å². The van der Waals surface area contributed by atoms with Crippen LogP contribution in [-0.4, -0.2) is 107 Å². The number of nitrogens with one attached hydrogen (secondary N) is 1. The summed E-state index contributed by atoms with van der Waals surface area (Å²) in [7, 11) is 0.501. The number of methoxy groups -OCH3 is 2. The Hall–Kier alpha value is -3.78. The number of anilines is 2. The first-order valence-corrected chi connectivity index (χ1v) is 21.3. The van der Waals surface area contributed by atoms with Crippen LogP contribution < -0.4 is 25.0 Å². The van der Waals surface area contributed by atoms with E-state index >= 15 is 4.79 Å². The summed E-state index contributed by atoms with van der Waals surface area (Å²) in [4.78, 5) is 59.4. The second-order valence-electron chi connectivity index (χ2n) is 14.8. The number of esters is 1. The first-order valence-electron chi connectivity index (χ1n) is 18.2. The Labute approximate surface area is 301 Å². The minimum Gasteiger partial charge on any atom is -0.497 e. The minimum atomic E-state index is -2.51. The molecule has 13 heteroatoms. The van der Waals surface area contributed by atoms with Crippen molar-refractivity contribution in [3.05, 3.63) is 48.0 Å². The third-order valence-electron chi connectivity index (χ3n) is 11.7. The number of carbonyl (C=O) groups is 4. The van der Waals surface area contributed by atoms with E-state index in [4.69, 9.17) is 14.2 Å². The van der Waals surface area contributed by atoms with Crippen LogP contribution in [0.3, 0.4) is 0 Å². The van der Waals surface area contributed by atoms with Gasteiger partial charge in [0, 0.05) is 49.8 Å². The molecule has 2 aromatic rings. The SMILES string of the molecule is COC(=O)CCCCN1C(=O)[C@@]2(O[C@@H](CC(=O)N3CCC[C@H]3CO)[C@H]([Si](C)(C)c3ccc(OC)cc3)[C@H]2C)c2cc(N3CCNCC3=O)ccc21. The second kappa shape index (κ2) is 15.1. The first kappa shape index (κ1) is 37.0. The van der Waals surface area contributed by atoms with E-state index in [0.29, 0.717) is 50.3 Å². The fourth-order valence-electron chi connectivity index (χ4n) is 9.06. The maximum Gasteiger partial charge on any atom is 0.305 e. The molecule has 0 bridgehead atoms. The highest BCUT2D eigenvalue weighted by molar-refractivity contribution is 6.91. The number of aliphatic hydroxyl groups excluding tert-OH is 1. The largest absolute Gasteiger partial charge is 0.497 e. The molecule has 5 atom stereocenters. The predicted molar refractivity (Wildman–Crippen MR) is 196 cm³/mol. The van der Waals surface area contributed by atoms with Gasteiger partial charge in [0.15, 0.2) is 5.60 Å². The molecular weight excluding hydrogens is 669 g/mol. The van der Waals surface area contributed by atoms with E-state index in [0.717, 1.165) is 29.5 Å². The average molecular weight is 721 g/mol. The number of unbranched alkanes of at least 4 members (excludes halogenated alkanes) is 1. The van der Waals surface area contributed by atoms with E-state index < -0.39 is 19.8 Å². The summed E-state index contributed by atoms with van der Waals surface area (Å²) in [5.41, 5.74) is 0.613. The van der Waals surface area contributed by atoms with Crippen LogP contribution in [0, 0.1) is 5.92 Å². The molecule has 51 heavy (non-hydrogen) atoms. The summed E-state index contributed by atoms with van der Waals surface area (Å²) in [6, 6.07) is 13.6. The number of ether oxygens (including phenoxy) is 3. The molecule has 3 amide bonds. The van der Waals surface area contributed by atoms with E-state index in [-0.39, 0.29) is 67.2 Å². The minimum absolute atomic E-state index is 0.0434. The maximum absolute atomic E-state index is 15.1. The van der Waals surface area contributed by atoms with Crippen molar-refractivity contribution in [1.82, 2.24) is 10.2 Å². The Morgan fingerprint density at radius 3 is 2.53 bits per heavy atom. The van der Waals surface area contributed by atoms with Crippen LogP contribution in [-0.2, 0) is 34.3 Å². The smallest absolute Gasteiger partial charge is 0.305 e. The van der Waals surface area contributed by atoms with Crippen LogP contribution in [0.4, 0.5) is 11.4 Å². The van der Waals surface area contributed by atoms with Crippen LogP contribution >= 0.6 is 0 Å². The second-order valence-corrected chi connectivity index (χ2v) is 19.5. The van der Waals surface area contributed by atoms with E-state index in [1.165, 1.54) is 7.11 Å². The lowest BCUT2D eigenvalue weighted by molar-refractivity contribution is -0.150. The highest BCUT2D eigenvalue weighted by Gasteiger charge is 2.66. The van der Waals surface area contributed by atoms with Crippen molar-refractivity contribution in [3.8, 4) is 5.75 Å². The quantitative estimate of drug-likeness (QED) is 0.193. The number of carbonyl (C=O) groups excluding carboxylic acids is 4. The standard InChI is InChI=1S/C38H52N4O8Si/c1-25-36(51(4,5)29-14-12-28(48-2)13-15-29)32(22-33(44)40-19-8-9-27(40)24-43)50-38(25)30-21-26(41-20-17-39-23-34(41)45)11-16-31(30)42(37(38)47)18-7-6-10-35(46)49-3/h11-16,21,25,27,32,36,39,43H,6-10,17-20,22-24H2,1-5H3/t25-,27+,32+,36-,38+/m1/s1. The van der Waals surface area contributed by atoms with E-state index in [1.54, 1.807) is 21.8 Å². The van der Waals surface area contributed by atoms with Crippen LogP contribution in [0.15, 0.2) is 42.5 Å². The van der Waals surface area contributed by atoms with Gasteiger partial charge in [-0.05, 0) is 61.6 Å². The number of amides is 3. The third kappa shape index (κ3) is 6.69. The molecule has 0 aromatic heterocycles.